The molecular weight excluding hydrogens is 414 g/mol. The highest BCUT2D eigenvalue weighted by atomic mass is 32.1. The van der Waals surface area contributed by atoms with Gasteiger partial charge in [-0.1, -0.05) is 18.2 Å². The summed E-state index contributed by atoms with van der Waals surface area (Å²) < 4.78 is 10.8. The van der Waals surface area contributed by atoms with Crippen molar-refractivity contribution in [3.63, 3.8) is 0 Å². The average Bonchev–Trinajstić information content (AvgIpc) is 3.31. The minimum Gasteiger partial charge on any atom is -0.504 e. The predicted molar refractivity (Wildman–Crippen MR) is 121 cm³/mol. The molecule has 0 saturated carbocycles. The Bertz CT molecular complexity index is 936. The van der Waals surface area contributed by atoms with Crippen LogP contribution in [0.4, 0.5) is 4.79 Å². The van der Waals surface area contributed by atoms with E-state index in [1.807, 2.05) is 32.0 Å². The highest BCUT2D eigenvalue weighted by molar-refractivity contribution is 7.12. The lowest BCUT2D eigenvalue weighted by atomic mass is 9.89. The SMILES string of the molecule is CCOC(=O)N1CCC2(CC1)N=C(c1cccs1)C[C@@H](c1cccc(OCC)c1O)N2. The summed E-state index contributed by atoms with van der Waals surface area (Å²) in [5, 5.41) is 16.6. The van der Waals surface area contributed by atoms with Gasteiger partial charge in [0.15, 0.2) is 11.5 Å². The largest absolute Gasteiger partial charge is 0.504 e. The zero-order chi connectivity index (χ0) is 21.8. The van der Waals surface area contributed by atoms with E-state index in [-0.39, 0.29) is 17.9 Å². The van der Waals surface area contributed by atoms with E-state index >= 15 is 0 Å². The smallest absolute Gasteiger partial charge is 0.409 e. The molecule has 1 fully saturated rings. The molecule has 2 aliphatic heterocycles. The second-order valence-corrected chi connectivity index (χ2v) is 8.73. The summed E-state index contributed by atoms with van der Waals surface area (Å²) in [6.07, 6.45) is 1.77. The lowest BCUT2D eigenvalue weighted by Gasteiger charge is -2.44. The number of ether oxygens (including phenoxy) is 2. The van der Waals surface area contributed by atoms with Crippen LogP contribution in [0.15, 0.2) is 40.7 Å². The monoisotopic (exact) mass is 443 g/mol. The first-order valence-electron chi connectivity index (χ1n) is 10.8. The van der Waals surface area contributed by atoms with E-state index in [0.717, 1.165) is 16.2 Å². The Hall–Kier alpha value is -2.58. The van der Waals surface area contributed by atoms with Gasteiger partial charge in [0.2, 0.25) is 0 Å². The van der Waals surface area contributed by atoms with Gasteiger partial charge in [-0.3, -0.25) is 10.3 Å². The number of aromatic hydroxyl groups is 1. The zero-order valence-electron chi connectivity index (χ0n) is 18.0. The van der Waals surface area contributed by atoms with Crippen molar-refractivity contribution in [1.82, 2.24) is 10.2 Å². The molecular formula is C23H29N3O4S. The average molecular weight is 444 g/mol. The van der Waals surface area contributed by atoms with Gasteiger partial charge in [0.25, 0.3) is 0 Å². The number of carbonyl (C=O) groups excluding carboxylic acids is 1. The molecule has 2 aromatic rings. The number of nitrogens with one attached hydrogen (secondary N) is 1. The molecule has 8 heteroatoms. The number of benzene rings is 1. The molecule has 31 heavy (non-hydrogen) atoms. The minimum absolute atomic E-state index is 0.107. The summed E-state index contributed by atoms with van der Waals surface area (Å²) in [6, 6.07) is 9.64. The second kappa shape index (κ2) is 9.28. The lowest BCUT2D eigenvalue weighted by molar-refractivity contribution is 0.0778. The van der Waals surface area contributed by atoms with Crippen LogP contribution in [0.1, 0.15) is 49.6 Å². The number of carbonyl (C=O) groups is 1. The summed E-state index contributed by atoms with van der Waals surface area (Å²) in [5.74, 6) is 0.668. The number of nitrogens with zero attached hydrogens (tertiary/aromatic N) is 2. The summed E-state index contributed by atoms with van der Waals surface area (Å²) in [7, 11) is 0. The van der Waals surface area contributed by atoms with E-state index in [1.165, 1.54) is 0 Å². The molecule has 2 N–H and O–H groups in total. The molecule has 7 nitrogen and oxygen atoms in total. The molecule has 1 atom stereocenters. The molecule has 1 amide bonds. The molecule has 1 saturated heterocycles. The van der Waals surface area contributed by atoms with Crippen molar-refractivity contribution in [2.24, 2.45) is 4.99 Å². The minimum atomic E-state index is -0.487. The molecule has 1 spiro atoms. The lowest BCUT2D eigenvalue weighted by Crippen LogP contribution is -2.56. The quantitative estimate of drug-likeness (QED) is 0.719. The van der Waals surface area contributed by atoms with Crippen molar-refractivity contribution in [3.05, 3.63) is 46.2 Å². The highest BCUT2D eigenvalue weighted by Crippen LogP contribution is 2.41. The Balaban J connectivity index is 1.63. The number of phenolic OH excluding ortho intramolecular Hbond substituents is 1. The van der Waals surface area contributed by atoms with Gasteiger partial charge in [0.05, 0.1) is 18.9 Å². The van der Waals surface area contributed by atoms with E-state index in [4.69, 9.17) is 14.5 Å². The van der Waals surface area contributed by atoms with Crippen LogP contribution in [0.3, 0.4) is 0 Å². The maximum absolute atomic E-state index is 12.2. The van der Waals surface area contributed by atoms with Crippen LogP contribution >= 0.6 is 11.3 Å². The Morgan fingerprint density at radius 1 is 1.26 bits per heavy atom. The van der Waals surface area contributed by atoms with Gasteiger partial charge in [-0.25, -0.2) is 4.79 Å². The number of hydrogen-bond acceptors (Lipinski definition) is 7. The number of piperidine rings is 1. The number of hydrogen-bond donors (Lipinski definition) is 2. The molecule has 3 heterocycles. The highest BCUT2D eigenvalue weighted by Gasteiger charge is 2.42. The third kappa shape index (κ3) is 4.55. The zero-order valence-corrected chi connectivity index (χ0v) is 18.8. The number of para-hydroxylation sites is 1. The fraction of sp³-hybridized carbons (Fsp3) is 0.478. The van der Waals surface area contributed by atoms with Crippen molar-refractivity contribution in [1.29, 1.82) is 0 Å². The molecule has 166 valence electrons. The van der Waals surface area contributed by atoms with Gasteiger partial charge in [0, 0.05) is 48.8 Å². The number of thiophene rings is 1. The van der Waals surface area contributed by atoms with Gasteiger partial charge < -0.3 is 19.5 Å². The van der Waals surface area contributed by atoms with Crippen LogP contribution in [0, 0.1) is 0 Å². The molecule has 0 unspecified atom stereocenters. The predicted octanol–water partition coefficient (Wildman–Crippen LogP) is 4.32. The summed E-state index contributed by atoms with van der Waals surface area (Å²) >= 11 is 1.67. The van der Waals surface area contributed by atoms with Gasteiger partial charge in [-0.05, 0) is 31.4 Å². The molecule has 1 aromatic heterocycles. The van der Waals surface area contributed by atoms with Crippen LogP contribution in [-0.4, -0.2) is 53.8 Å². The van der Waals surface area contributed by atoms with Gasteiger partial charge in [-0.2, -0.15) is 0 Å². The van der Waals surface area contributed by atoms with Gasteiger partial charge >= 0.3 is 6.09 Å². The Labute approximate surface area is 186 Å². The van der Waals surface area contributed by atoms with E-state index in [0.29, 0.717) is 51.3 Å². The van der Waals surface area contributed by atoms with Crippen LogP contribution in [0.5, 0.6) is 11.5 Å². The molecule has 1 aromatic carbocycles. The fourth-order valence-corrected chi connectivity index (χ4v) is 5.04. The van der Waals surface area contributed by atoms with Crippen molar-refractivity contribution < 1.29 is 19.4 Å². The van der Waals surface area contributed by atoms with Crippen molar-refractivity contribution in [2.45, 2.75) is 44.8 Å². The summed E-state index contributed by atoms with van der Waals surface area (Å²) in [6.45, 7) is 5.73. The van der Waals surface area contributed by atoms with Crippen LogP contribution in [0.25, 0.3) is 0 Å². The molecule has 2 aliphatic rings. The van der Waals surface area contributed by atoms with Crippen molar-refractivity contribution in [3.8, 4) is 11.5 Å². The Morgan fingerprint density at radius 3 is 2.74 bits per heavy atom. The number of amides is 1. The second-order valence-electron chi connectivity index (χ2n) is 7.78. The number of likely N-dealkylation sites (tertiary alicyclic amines) is 1. The van der Waals surface area contributed by atoms with Gasteiger partial charge in [-0.15, -0.1) is 11.3 Å². The van der Waals surface area contributed by atoms with Crippen molar-refractivity contribution in [2.75, 3.05) is 26.3 Å². The normalized spacial score (nSPS) is 20.4. The molecule has 0 aliphatic carbocycles. The van der Waals surface area contributed by atoms with E-state index in [1.54, 1.807) is 22.3 Å². The Kier molecular flexibility index (Phi) is 6.48. The fourth-order valence-electron chi connectivity index (χ4n) is 4.31. The number of phenols is 1. The first kappa shape index (κ1) is 21.6. The molecule has 0 radical (unpaired) electrons. The molecule has 4 rings (SSSR count). The van der Waals surface area contributed by atoms with E-state index in [9.17, 15) is 9.90 Å². The van der Waals surface area contributed by atoms with Crippen LogP contribution in [0.2, 0.25) is 0 Å². The third-order valence-electron chi connectivity index (χ3n) is 5.82. The maximum Gasteiger partial charge on any atom is 0.409 e. The summed E-state index contributed by atoms with van der Waals surface area (Å²) in [4.78, 5) is 20.2. The van der Waals surface area contributed by atoms with Crippen LogP contribution < -0.4 is 10.1 Å². The molecule has 0 bridgehead atoms. The van der Waals surface area contributed by atoms with E-state index in [2.05, 4.69) is 16.8 Å². The standard InChI is InChI=1S/C23H29N3O4S/c1-3-29-19-8-5-7-16(21(19)27)17-15-18(20-9-6-14-31-20)25-23(24-17)10-12-26(13-11-23)22(28)30-4-2/h5-9,14,17,24,27H,3-4,10-13,15H2,1-2H3/t17-/m0/s1. The first-order valence-corrected chi connectivity index (χ1v) is 11.7. The van der Waals surface area contributed by atoms with Crippen molar-refractivity contribution >= 4 is 23.1 Å². The Morgan fingerprint density at radius 2 is 2.06 bits per heavy atom. The van der Waals surface area contributed by atoms with Crippen LogP contribution in [-0.2, 0) is 4.74 Å². The topological polar surface area (TPSA) is 83.4 Å². The summed E-state index contributed by atoms with van der Waals surface area (Å²) in [5.41, 5.74) is 1.35. The van der Waals surface area contributed by atoms with Gasteiger partial charge in [0.1, 0.15) is 5.66 Å². The number of rotatable bonds is 5. The third-order valence-corrected chi connectivity index (χ3v) is 6.74. The first-order chi connectivity index (χ1) is 15.0. The van der Waals surface area contributed by atoms with E-state index < -0.39 is 5.66 Å². The maximum atomic E-state index is 12.2. The number of aliphatic imine (C=N–C) groups is 1.